The highest BCUT2D eigenvalue weighted by molar-refractivity contribution is 7.86. The fourth-order valence-corrected chi connectivity index (χ4v) is 4.76. The summed E-state index contributed by atoms with van der Waals surface area (Å²) >= 11 is 0. The van der Waals surface area contributed by atoms with Gasteiger partial charge in [0.05, 0.1) is 5.25 Å². The van der Waals surface area contributed by atoms with Crippen LogP contribution in [0.25, 0.3) is 0 Å². The molecular formula is C15H28O3S. The van der Waals surface area contributed by atoms with Gasteiger partial charge in [-0.2, -0.15) is 8.42 Å². The third-order valence-corrected chi connectivity index (χ3v) is 5.74. The normalized spacial score (nSPS) is 29.2. The molecular weight excluding hydrogens is 260 g/mol. The second-order valence-corrected chi connectivity index (χ2v) is 8.38. The Morgan fingerprint density at radius 3 is 1.95 bits per heavy atom. The van der Waals surface area contributed by atoms with Gasteiger partial charge in [-0.25, -0.2) is 0 Å². The minimum atomic E-state index is -4.01. The van der Waals surface area contributed by atoms with Crippen LogP contribution in [0.1, 0.15) is 48.0 Å². The van der Waals surface area contributed by atoms with Gasteiger partial charge in [0.25, 0.3) is 10.1 Å². The molecule has 19 heavy (non-hydrogen) atoms. The van der Waals surface area contributed by atoms with Gasteiger partial charge in [0.2, 0.25) is 0 Å². The summed E-state index contributed by atoms with van der Waals surface area (Å²) in [5, 5.41) is -0.657. The molecule has 1 N–H and O–H groups in total. The third-order valence-electron chi connectivity index (χ3n) is 4.39. The zero-order chi connectivity index (χ0) is 15.0. The topological polar surface area (TPSA) is 54.4 Å². The summed E-state index contributed by atoms with van der Waals surface area (Å²) in [5.74, 6) is 0.807. The van der Waals surface area contributed by atoms with Crippen molar-refractivity contribution < 1.29 is 13.0 Å². The lowest BCUT2D eigenvalue weighted by Gasteiger charge is -2.40. The average molecular weight is 288 g/mol. The van der Waals surface area contributed by atoms with Crippen molar-refractivity contribution in [2.24, 2.45) is 29.6 Å². The van der Waals surface area contributed by atoms with Gasteiger partial charge in [-0.3, -0.25) is 4.55 Å². The first-order valence-corrected chi connectivity index (χ1v) is 8.72. The van der Waals surface area contributed by atoms with Gasteiger partial charge < -0.3 is 0 Å². The minimum Gasteiger partial charge on any atom is -0.285 e. The molecule has 1 aliphatic rings. The molecule has 0 fully saturated rings. The van der Waals surface area contributed by atoms with E-state index in [1.54, 1.807) is 0 Å². The van der Waals surface area contributed by atoms with E-state index in [2.05, 4.69) is 19.9 Å². The monoisotopic (exact) mass is 288 g/mol. The Labute approximate surface area is 118 Å². The van der Waals surface area contributed by atoms with Crippen molar-refractivity contribution in [2.75, 3.05) is 0 Å². The molecule has 0 aromatic rings. The molecule has 3 atom stereocenters. The molecule has 0 amide bonds. The second kappa shape index (κ2) is 5.96. The van der Waals surface area contributed by atoms with Gasteiger partial charge in [-0.05, 0) is 36.0 Å². The van der Waals surface area contributed by atoms with Crippen LogP contribution in [0.4, 0.5) is 0 Å². The largest absolute Gasteiger partial charge is 0.285 e. The lowest BCUT2D eigenvalue weighted by Crippen LogP contribution is -2.43. The van der Waals surface area contributed by atoms with E-state index in [0.29, 0.717) is 5.92 Å². The maximum Gasteiger partial charge on any atom is 0.268 e. The molecule has 1 rings (SSSR count). The molecule has 0 radical (unpaired) electrons. The van der Waals surface area contributed by atoms with E-state index in [0.717, 1.165) is 6.42 Å². The molecule has 0 saturated heterocycles. The molecule has 1 aliphatic carbocycles. The lowest BCUT2D eigenvalue weighted by molar-refractivity contribution is 0.250. The zero-order valence-electron chi connectivity index (χ0n) is 12.9. The fraction of sp³-hybridized carbons (Fsp3) is 0.867. The number of rotatable bonds is 4. The second-order valence-electron chi connectivity index (χ2n) is 6.81. The predicted molar refractivity (Wildman–Crippen MR) is 79.5 cm³/mol. The fourth-order valence-electron chi connectivity index (χ4n) is 3.12. The highest BCUT2D eigenvalue weighted by Crippen LogP contribution is 2.42. The van der Waals surface area contributed by atoms with Crippen LogP contribution in [0, 0.1) is 29.6 Å². The number of hydrogen-bond acceptors (Lipinski definition) is 2. The summed E-state index contributed by atoms with van der Waals surface area (Å²) in [6.45, 7) is 12.4. The summed E-state index contributed by atoms with van der Waals surface area (Å²) in [4.78, 5) is 0. The molecule has 0 aromatic carbocycles. The van der Waals surface area contributed by atoms with Crippen LogP contribution in [0.5, 0.6) is 0 Å². The van der Waals surface area contributed by atoms with E-state index in [1.165, 1.54) is 5.57 Å². The molecule has 0 bridgehead atoms. The minimum absolute atomic E-state index is 0.00444. The van der Waals surface area contributed by atoms with Crippen LogP contribution in [0.3, 0.4) is 0 Å². The van der Waals surface area contributed by atoms with E-state index in [4.69, 9.17) is 0 Å². The van der Waals surface area contributed by atoms with Gasteiger partial charge in [0.15, 0.2) is 0 Å². The Kier molecular flexibility index (Phi) is 5.24. The molecule has 3 nitrogen and oxygen atoms in total. The maximum atomic E-state index is 11.8. The zero-order valence-corrected chi connectivity index (χ0v) is 13.7. The van der Waals surface area contributed by atoms with Crippen LogP contribution in [0.2, 0.25) is 0 Å². The smallest absolute Gasteiger partial charge is 0.268 e. The van der Waals surface area contributed by atoms with Crippen LogP contribution in [-0.4, -0.2) is 18.2 Å². The Hall–Kier alpha value is -0.350. The average Bonchev–Trinajstić information content (AvgIpc) is 2.25. The van der Waals surface area contributed by atoms with E-state index in [-0.39, 0.29) is 23.7 Å². The Morgan fingerprint density at radius 1 is 1.11 bits per heavy atom. The van der Waals surface area contributed by atoms with Crippen molar-refractivity contribution in [1.29, 1.82) is 0 Å². The Morgan fingerprint density at radius 2 is 1.63 bits per heavy atom. The van der Waals surface area contributed by atoms with E-state index in [1.807, 2.05) is 27.7 Å². The first-order valence-electron chi connectivity index (χ1n) is 7.22. The van der Waals surface area contributed by atoms with E-state index in [9.17, 15) is 13.0 Å². The van der Waals surface area contributed by atoms with Crippen molar-refractivity contribution in [2.45, 2.75) is 53.2 Å². The van der Waals surface area contributed by atoms with E-state index < -0.39 is 15.4 Å². The van der Waals surface area contributed by atoms with Crippen LogP contribution < -0.4 is 0 Å². The molecule has 4 heteroatoms. The summed E-state index contributed by atoms with van der Waals surface area (Å²) in [5.41, 5.74) is 1.33. The molecule has 0 spiro atoms. The van der Waals surface area contributed by atoms with Gasteiger partial charge in [-0.15, -0.1) is 0 Å². The van der Waals surface area contributed by atoms with Gasteiger partial charge in [0, 0.05) is 0 Å². The lowest BCUT2D eigenvalue weighted by atomic mass is 9.71. The maximum absolute atomic E-state index is 11.8. The first kappa shape index (κ1) is 16.7. The van der Waals surface area contributed by atoms with Gasteiger partial charge in [-0.1, -0.05) is 53.2 Å². The van der Waals surface area contributed by atoms with Crippen molar-refractivity contribution in [1.82, 2.24) is 0 Å². The predicted octanol–water partition coefficient (Wildman–Crippen LogP) is 3.77. The van der Waals surface area contributed by atoms with Crippen molar-refractivity contribution in [3.05, 3.63) is 11.6 Å². The summed E-state index contributed by atoms with van der Waals surface area (Å²) in [7, 11) is -4.01. The molecule has 3 unspecified atom stereocenters. The first-order chi connectivity index (χ1) is 8.55. The SMILES string of the molecule is CC(C)C1=CC(C(C)C)C(S(=O)(=O)O)C(C(C)C)C1. The summed E-state index contributed by atoms with van der Waals surface area (Å²) in [6.07, 6.45) is 2.88. The molecule has 0 heterocycles. The number of allylic oxidation sites excluding steroid dienone is 2. The van der Waals surface area contributed by atoms with Crippen molar-refractivity contribution >= 4 is 10.1 Å². The highest BCUT2D eigenvalue weighted by Gasteiger charge is 2.43. The summed E-state index contributed by atoms with van der Waals surface area (Å²) < 4.78 is 33.3. The van der Waals surface area contributed by atoms with Crippen molar-refractivity contribution in [3.8, 4) is 0 Å². The molecule has 112 valence electrons. The van der Waals surface area contributed by atoms with Gasteiger partial charge >= 0.3 is 0 Å². The van der Waals surface area contributed by atoms with Crippen LogP contribution in [-0.2, 0) is 10.1 Å². The third kappa shape index (κ3) is 3.82. The van der Waals surface area contributed by atoms with Crippen LogP contribution in [0.15, 0.2) is 11.6 Å². The summed E-state index contributed by atoms with van der Waals surface area (Å²) in [6, 6.07) is 0. The highest BCUT2D eigenvalue weighted by atomic mass is 32.2. The van der Waals surface area contributed by atoms with Gasteiger partial charge in [0.1, 0.15) is 0 Å². The standard InChI is InChI=1S/C15H28O3S/c1-9(2)12-7-13(10(3)4)15(19(16,17)18)14(8-12)11(5)6/h7,9-11,13-15H,8H2,1-6H3,(H,16,17,18). The Balaban J connectivity index is 3.30. The molecule has 0 saturated carbocycles. The number of hydrogen-bond donors (Lipinski definition) is 1. The van der Waals surface area contributed by atoms with Crippen molar-refractivity contribution in [3.63, 3.8) is 0 Å². The molecule has 0 aliphatic heterocycles. The molecule has 0 aromatic heterocycles. The van der Waals surface area contributed by atoms with Crippen LogP contribution >= 0.6 is 0 Å². The van der Waals surface area contributed by atoms with E-state index >= 15 is 0 Å². The quantitative estimate of drug-likeness (QED) is 0.633. The Bertz CT molecular complexity index is 432.